The minimum absolute atomic E-state index is 0.226. The van der Waals surface area contributed by atoms with Gasteiger partial charge in [0, 0.05) is 4.90 Å². The van der Waals surface area contributed by atoms with Crippen molar-refractivity contribution in [3.05, 3.63) is 53.8 Å². The number of ketones is 1. The van der Waals surface area contributed by atoms with Gasteiger partial charge >= 0.3 is 0 Å². The van der Waals surface area contributed by atoms with Crippen LogP contribution in [0.15, 0.2) is 47.4 Å². The lowest BCUT2D eigenvalue weighted by Gasteiger charge is -2.12. The third-order valence-corrected chi connectivity index (χ3v) is 3.39. The maximum absolute atomic E-state index is 13.2. The normalized spacial score (nSPS) is 10.3. The van der Waals surface area contributed by atoms with Crippen molar-refractivity contribution in [1.82, 2.24) is 0 Å². The average Bonchev–Trinajstić information content (AvgIpc) is 2.41. The lowest BCUT2D eigenvalue weighted by molar-refractivity contribution is 0.101. The first-order valence-electron chi connectivity index (χ1n) is 5.73. The lowest BCUT2D eigenvalue weighted by Crippen LogP contribution is -1.98. The second kappa shape index (κ2) is 5.89. The number of Topliss-reactive ketones (excluding diaryl/α,β-unsaturated/α-hetero) is 1. The van der Waals surface area contributed by atoms with E-state index in [0.29, 0.717) is 11.5 Å². The molecule has 2 rings (SSSR count). The molecular weight excluding hydrogens is 263 g/mol. The third-order valence-electron chi connectivity index (χ3n) is 2.61. The van der Waals surface area contributed by atoms with E-state index in [1.807, 2.05) is 30.5 Å². The summed E-state index contributed by atoms with van der Waals surface area (Å²) >= 11 is 1.55. The van der Waals surface area contributed by atoms with Crippen LogP contribution in [0.5, 0.6) is 11.5 Å². The number of ether oxygens (including phenoxy) is 1. The average molecular weight is 276 g/mol. The van der Waals surface area contributed by atoms with E-state index in [-0.39, 0.29) is 11.3 Å². The van der Waals surface area contributed by atoms with E-state index >= 15 is 0 Å². The Bertz CT molecular complexity index is 611. The van der Waals surface area contributed by atoms with Crippen LogP contribution in [0.25, 0.3) is 0 Å². The maximum atomic E-state index is 13.2. The minimum atomic E-state index is -0.448. The van der Waals surface area contributed by atoms with Gasteiger partial charge in [0.05, 0.1) is 5.56 Å². The molecule has 0 spiro atoms. The summed E-state index contributed by atoms with van der Waals surface area (Å²) in [5.74, 6) is 0.353. The van der Waals surface area contributed by atoms with Gasteiger partial charge in [-0.25, -0.2) is 4.39 Å². The van der Waals surface area contributed by atoms with Crippen LogP contribution in [0.4, 0.5) is 4.39 Å². The second-order valence-electron chi connectivity index (χ2n) is 3.95. The van der Waals surface area contributed by atoms with E-state index in [9.17, 15) is 9.18 Å². The molecule has 4 heteroatoms. The second-order valence-corrected chi connectivity index (χ2v) is 4.80. The zero-order valence-corrected chi connectivity index (χ0v) is 11.5. The molecule has 0 atom stereocenters. The molecule has 0 aliphatic heterocycles. The largest absolute Gasteiger partial charge is 0.455 e. The van der Waals surface area contributed by atoms with Crippen LogP contribution in [0.3, 0.4) is 0 Å². The number of thioether (sulfide) groups is 1. The van der Waals surface area contributed by atoms with Crippen molar-refractivity contribution in [2.45, 2.75) is 11.8 Å². The van der Waals surface area contributed by atoms with Crippen molar-refractivity contribution in [1.29, 1.82) is 0 Å². The van der Waals surface area contributed by atoms with Gasteiger partial charge < -0.3 is 4.74 Å². The number of halogens is 1. The van der Waals surface area contributed by atoms with E-state index in [0.717, 1.165) is 4.90 Å². The lowest BCUT2D eigenvalue weighted by atomic mass is 10.1. The summed E-state index contributed by atoms with van der Waals surface area (Å²) in [7, 11) is 0. The number of hydrogen-bond donors (Lipinski definition) is 0. The quantitative estimate of drug-likeness (QED) is 0.605. The Kier molecular flexibility index (Phi) is 4.22. The highest BCUT2D eigenvalue weighted by atomic mass is 32.2. The summed E-state index contributed by atoms with van der Waals surface area (Å²) in [6.07, 6.45) is 1.94. The van der Waals surface area contributed by atoms with Crippen molar-refractivity contribution in [3.63, 3.8) is 0 Å². The molecule has 0 aliphatic carbocycles. The molecule has 0 unspecified atom stereocenters. The highest BCUT2D eigenvalue weighted by Crippen LogP contribution is 2.33. The van der Waals surface area contributed by atoms with Crippen LogP contribution in [0.2, 0.25) is 0 Å². The molecule has 0 saturated carbocycles. The van der Waals surface area contributed by atoms with Gasteiger partial charge in [-0.05, 0) is 43.5 Å². The predicted octanol–water partition coefficient (Wildman–Crippen LogP) is 4.54. The Hall–Kier alpha value is -1.81. The monoisotopic (exact) mass is 276 g/mol. The Morgan fingerprint density at radius 1 is 1.16 bits per heavy atom. The maximum Gasteiger partial charge on any atom is 0.163 e. The standard InChI is InChI=1S/C15H13FO2S/c1-10(17)12-9-11(16)7-8-13(12)18-14-5-3-4-6-15(14)19-2/h3-9H,1-2H3. The van der Waals surface area contributed by atoms with Gasteiger partial charge in [-0.15, -0.1) is 11.8 Å². The van der Waals surface area contributed by atoms with Gasteiger partial charge in [0.2, 0.25) is 0 Å². The molecule has 0 heterocycles. The summed E-state index contributed by atoms with van der Waals surface area (Å²) in [6.45, 7) is 1.39. The summed E-state index contributed by atoms with van der Waals surface area (Å²) in [6, 6.07) is 11.5. The van der Waals surface area contributed by atoms with Crippen molar-refractivity contribution < 1.29 is 13.9 Å². The zero-order valence-electron chi connectivity index (χ0n) is 10.6. The summed E-state index contributed by atoms with van der Waals surface area (Å²) < 4.78 is 18.9. The summed E-state index contributed by atoms with van der Waals surface area (Å²) in [5.41, 5.74) is 0.246. The molecule has 0 aromatic heterocycles. The molecule has 0 radical (unpaired) electrons. The number of carbonyl (C=O) groups excluding carboxylic acids is 1. The molecule has 0 N–H and O–H groups in total. The minimum Gasteiger partial charge on any atom is -0.455 e. The molecule has 19 heavy (non-hydrogen) atoms. The molecule has 0 bridgehead atoms. The number of carbonyl (C=O) groups is 1. The van der Waals surface area contributed by atoms with Crippen molar-refractivity contribution in [3.8, 4) is 11.5 Å². The molecule has 2 nitrogen and oxygen atoms in total. The van der Waals surface area contributed by atoms with Gasteiger partial charge in [-0.2, -0.15) is 0 Å². The number of hydrogen-bond acceptors (Lipinski definition) is 3. The highest BCUT2D eigenvalue weighted by molar-refractivity contribution is 7.98. The van der Waals surface area contributed by atoms with Crippen LogP contribution >= 0.6 is 11.8 Å². The highest BCUT2D eigenvalue weighted by Gasteiger charge is 2.12. The van der Waals surface area contributed by atoms with Crippen LogP contribution in [-0.4, -0.2) is 12.0 Å². The van der Waals surface area contributed by atoms with Crippen molar-refractivity contribution >= 4 is 17.5 Å². The molecular formula is C15H13FO2S. The zero-order chi connectivity index (χ0) is 13.8. The SMILES string of the molecule is CSc1ccccc1Oc1ccc(F)cc1C(C)=O. The van der Waals surface area contributed by atoms with Crippen molar-refractivity contribution in [2.24, 2.45) is 0 Å². The van der Waals surface area contributed by atoms with Crippen molar-refractivity contribution in [2.75, 3.05) is 6.26 Å². The predicted molar refractivity (Wildman–Crippen MR) is 74.7 cm³/mol. The molecule has 2 aromatic rings. The first-order valence-corrected chi connectivity index (χ1v) is 6.95. The molecule has 0 fully saturated rings. The number of rotatable bonds is 4. The van der Waals surface area contributed by atoms with Gasteiger partial charge in [-0.3, -0.25) is 4.79 Å². The van der Waals surface area contributed by atoms with Gasteiger partial charge in [0.1, 0.15) is 17.3 Å². The smallest absolute Gasteiger partial charge is 0.163 e. The summed E-state index contributed by atoms with van der Waals surface area (Å²) in [5, 5.41) is 0. The molecule has 2 aromatic carbocycles. The first-order chi connectivity index (χ1) is 9.11. The van der Waals surface area contributed by atoms with E-state index in [4.69, 9.17) is 4.74 Å². The van der Waals surface area contributed by atoms with Gasteiger partial charge in [0.15, 0.2) is 5.78 Å². The van der Waals surface area contributed by atoms with E-state index in [1.165, 1.54) is 25.1 Å². The van der Waals surface area contributed by atoms with Gasteiger partial charge in [0.25, 0.3) is 0 Å². The molecule has 98 valence electrons. The molecule has 0 aliphatic rings. The fourth-order valence-electron chi connectivity index (χ4n) is 1.69. The molecule has 0 saturated heterocycles. The molecule has 0 amide bonds. The van der Waals surface area contributed by atoms with E-state index < -0.39 is 5.82 Å². The summed E-state index contributed by atoms with van der Waals surface area (Å²) in [4.78, 5) is 12.5. The van der Waals surface area contributed by atoms with E-state index in [1.54, 1.807) is 11.8 Å². The number of benzene rings is 2. The number of para-hydroxylation sites is 1. The Morgan fingerprint density at radius 3 is 2.58 bits per heavy atom. The van der Waals surface area contributed by atoms with Crippen LogP contribution in [0, 0.1) is 5.82 Å². The van der Waals surface area contributed by atoms with E-state index in [2.05, 4.69) is 0 Å². The first kappa shape index (κ1) is 13.6. The topological polar surface area (TPSA) is 26.3 Å². The fraction of sp³-hybridized carbons (Fsp3) is 0.133. The van der Waals surface area contributed by atoms with Crippen LogP contribution in [-0.2, 0) is 0 Å². The van der Waals surface area contributed by atoms with Crippen LogP contribution < -0.4 is 4.74 Å². The van der Waals surface area contributed by atoms with Crippen LogP contribution in [0.1, 0.15) is 17.3 Å². The third kappa shape index (κ3) is 3.15. The Labute approximate surface area is 115 Å². The Morgan fingerprint density at radius 2 is 1.89 bits per heavy atom. The fourth-order valence-corrected chi connectivity index (χ4v) is 2.21. The Balaban J connectivity index is 2.41. The van der Waals surface area contributed by atoms with Gasteiger partial charge in [-0.1, -0.05) is 12.1 Å².